The summed E-state index contributed by atoms with van der Waals surface area (Å²) in [6.07, 6.45) is 0.345. The molecule has 0 bridgehead atoms. The quantitative estimate of drug-likeness (QED) is 0.639. The molecule has 1 heterocycles. The molecule has 0 unspecified atom stereocenters. The van der Waals surface area contributed by atoms with Crippen molar-refractivity contribution in [1.82, 2.24) is 15.0 Å². The number of ether oxygens (including phenoxy) is 1. The molecule has 0 saturated carbocycles. The molecule has 3 aromatic rings. The third kappa shape index (κ3) is 4.55. The number of anilines is 2. The summed E-state index contributed by atoms with van der Waals surface area (Å²) < 4.78 is 6.71. The lowest BCUT2D eigenvalue weighted by Gasteiger charge is -2.10. The summed E-state index contributed by atoms with van der Waals surface area (Å²) in [6.45, 7) is 3.50. The van der Waals surface area contributed by atoms with Crippen molar-refractivity contribution in [3.05, 3.63) is 58.9 Å². The van der Waals surface area contributed by atoms with Crippen molar-refractivity contribution in [3.63, 3.8) is 0 Å². The molecule has 2 N–H and O–H groups in total. The van der Waals surface area contributed by atoms with Gasteiger partial charge in [0.05, 0.1) is 29.2 Å². The first-order valence-corrected chi connectivity index (χ1v) is 9.28. The van der Waals surface area contributed by atoms with Gasteiger partial charge in [0.15, 0.2) is 5.69 Å². The molecule has 0 spiro atoms. The molecule has 1 aromatic heterocycles. The Morgan fingerprint density at radius 1 is 1.14 bits per heavy atom. The van der Waals surface area contributed by atoms with E-state index in [2.05, 4.69) is 20.9 Å². The van der Waals surface area contributed by atoms with Crippen LogP contribution in [0.4, 0.5) is 11.4 Å². The summed E-state index contributed by atoms with van der Waals surface area (Å²) in [4.78, 5) is 24.3. The molecule has 29 heavy (non-hydrogen) atoms. The third-order valence-corrected chi connectivity index (χ3v) is 4.58. The van der Waals surface area contributed by atoms with Crippen LogP contribution in [0.1, 0.15) is 29.5 Å². The fourth-order valence-electron chi connectivity index (χ4n) is 2.64. The molecule has 0 radical (unpaired) electrons. The number of halogens is 1. The number of amides is 2. The molecule has 0 saturated heterocycles. The summed E-state index contributed by atoms with van der Waals surface area (Å²) in [5.41, 5.74) is 2.38. The SMILES string of the molecule is CCC(=O)Nc1ccc(Cl)c(NC(=O)c2nnn(-c3ccc(OC)cc3)c2C)c1. The van der Waals surface area contributed by atoms with E-state index in [1.165, 1.54) is 0 Å². The number of carbonyl (C=O) groups is 2. The molecule has 8 nitrogen and oxygen atoms in total. The Labute approximate surface area is 172 Å². The van der Waals surface area contributed by atoms with Crippen molar-refractivity contribution in [2.45, 2.75) is 20.3 Å². The first-order chi connectivity index (χ1) is 13.9. The fraction of sp³-hybridized carbons (Fsp3) is 0.200. The van der Waals surface area contributed by atoms with E-state index >= 15 is 0 Å². The second-order valence-electron chi connectivity index (χ2n) is 6.18. The number of nitrogens with zero attached hydrogens (tertiary/aromatic N) is 3. The van der Waals surface area contributed by atoms with E-state index in [1.54, 1.807) is 56.0 Å². The van der Waals surface area contributed by atoms with Crippen LogP contribution in [0.15, 0.2) is 42.5 Å². The number of benzene rings is 2. The molecular formula is C20H20ClN5O3. The van der Waals surface area contributed by atoms with Crippen LogP contribution >= 0.6 is 11.6 Å². The molecule has 3 rings (SSSR count). The number of hydrogen-bond acceptors (Lipinski definition) is 5. The fourth-order valence-corrected chi connectivity index (χ4v) is 2.80. The minimum Gasteiger partial charge on any atom is -0.497 e. The molecule has 0 aliphatic carbocycles. The van der Waals surface area contributed by atoms with Gasteiger partial charge in [0.1, 0.15) is 5.75 Å². The van der Waals surface area contributed by atoms with Gasteiger partial charge in [-0.25, -0.2) is 4.68 Å². The van der Waals surface area contributed by atoms with Gasteiger partial charge in [-0.3, -0.25) is 9.59 Å². The normalized spacial score (nSPS) is 10.5. The standard InChI is InChI=1S/C20H20ClN5O3/c1-4-18(27)22-13-5-10-16(21)17(11-13)23-20(28)19-12(2)26(25-24-19)14-6-8-15(29-3)9-7-14/h5-11H,4H2,1-3H3,(H,22,27)(H,23,28). The van der Waals surface area contributed by atoms with Gasteiger partial charge >= 0.3 is 0 Å². The molecular weight excluding hydrogens is 394 g/mol. The van der Waals surface area contributed by atoms with E-state index in [0.29, 0.717) is 34.3 Å². The smallest absolute Gasteiger partial charge is 0.278 e. The maximum Gasteiger partial charge on any atom is 0.278 e. The lowest BCUT2D eigenvalue weighted by Crippen LogP contribution is -2.15. The van der Waals surface area contributed by atoms with Crippen molar-refractivity contribution in [1.29, 1.82) is 0 Å². The van der Waals surface area contributed by atoms with E-state index in [4.69, 9.17) is 16.3 Å². The maximum atomic E-state index is 12.7. The molecule has 9 heteroatoms. The Kier molecular flexibility index (Phi) is 6.13. The van der Waals surface area contributed by atoms with Crippen LogP contribution in [0, 0.1) is 6.92 Å². The number of hydrogen-bond donors (Lipinski definition) is 2. The molecule has 0 atom stereocenters. The number of nitrogens with one attached hydrogen (secondary N) is 2. The van der Waals surface area contributed by atoms with E-state index in [-0.39, 0.29) is 11.6 Å². The average molecular weight is 414 g/mol. The summed E-state index contributed by atoms with van der Waals surface area (Å²) in [6, 6.07) is 12.1. The van der Waals surface area contributed by atoms with Crippen LogP contribution in [0.2, 0.25) is 5.02 Å². The number of carbonyl (C=O) groups excluding carboxylic acids is 2. The van der Waals surface area contributed by atoms with Crippen molar-refractivity contribution in [3.8, 4) is 11.4 Å². The van der Waals surface area contributed by atoms with Crippen LogP contribution in [0.3, 0.4) is 0 Å². The highest BCUT2D eigenvalue weighted by atomic mass is 35.5. The zero-order valence-corrected chi connectivity index (χ0v) is 16.9. The van der Waals surface area contributed by atoms with E-state index in [0.717, 1.165) is 5.69 Å². The van der Waals surface area contributed by atoms with Gasteiger partial charge in [0, 0.05) is 12.1 Å². The Hall–Kier alpha value is -3.39. The molecule has 0 fully saturated rings. The summed E-state index contributed by atoms with van der Waals surface area (Å²) >= 11 is 6.19. The predicted octanol–water partition coefficient (Wildman–Crippen LogP) is 3.84. The van der Waals surface area contributed by atoms with E-state index < -0.39 is 5.91 Å². The molecule has 150 valence electrons. The van der Waals surface area contributed by atoms with Crippen molar-refractivity contribution in [2.24, 2.45) is 0 Å². The van der Waals surface area contributed by atoms with Gasteiger partial charge in [0.25, 0.3) is 5.91 Å². The highest BCUT2D eigenvalue weighted by Gasteiger charge is 2.19. The summed E-state index contributed by atoms with van der Waals surface area (Å²) in [7, 11) is 1.59. The lowest BCUT2D eigenvalue weighted by molar-refractivity contribution is -0.115. The monoisotopic (exact) mass is 413 g/mol. The predicted molar refractivity (Wildman–Crippen MR) is 111 cm³/mol. The highest BCUT2D eigenvalue weighted by molar-refractivity contribution is 6.34. The molecule has 0 aliphatic heterocycles. The van der Waals surface area contributed by atoms with Gasteiger partial charge in [-0.2, -0.15) is 0 Å². The first kappa shape index (κ1) is 20.3. The molecule has 2 amide bonds. The summed E-state index contributed by atoms with van der Waals surface area (Å²) in [5, 5.41) is 13.9. The largest absolute Gasteiger partial charge is 0.497 e. The zero-order chi connectivity index (χ0) is 21.0. The lowest BCUT2D eigenvalue weighted by atomic mass is 10.2. The van der Waals surface area contributed by atoms with Gasteiger partial charge in [-0.15, -0.1) is 5.10 Å². The first-order valence-electron chi connectivity index (χ1n) is 8.90. The van der Waals surface area contributed by atoms with E-state index in [1.807, 2.05) is 12.1 Å². The Balaban J connectivity index is 1.82. The number of aromatic nitrogens is 3. The second-order valence-corrected chi connectivity index (χ2v) is 6.59. The van der Waals surface area contributed by atoms with Gasteiger partial charge in [-0.1, -0.05) is 23.7 Å². The summed E-state index contributed by atoms with van der Waals surface area (Å²) in [5.74, 6) is 0.125. The Morgan fingerprint density at radius 2 is 1.86 bits per heavy atom. The van der Waals surface area contributed by atoms with Gasteiger partial charge < -0.3 is 15.4 Å². The number of rotatable bonds is 6. The highest BCUT2D eigenvalue weighted by Crippen LogP contribution is 2.26. The number of methoxy groups -OCH3 is 1. The van der Waals surface area contributed by atoms with Crippen LogP contribution in [-0.2, 0) is 4.79 Å². The Morgan fingerprint density at radius 3 is 2.52 bits per heavy atom. The van der Waals surface area contributed by atoms with Crippen molar-refractivity contribution >= 4 is 34.8 Å². The van der Waals surface area contributed by atoms with Gasteiger partial charge in [0.2, 0.25) is 5.91 Å². The zero-order valence-electron chi connectivity index (χ0n) is 16.2. The van der Waals surface area contributed by atoms with E-state index in [9.17, 15) is 9.59 Å². The topological polar surface area (TPSA) is 98.1 Å². The van der Waals surface area contributed by atoms with Gasteiger partial charge in [-0.05, 0) is 49.4 Å². The second kappa shape index (κ2) is 8.74. The maximum absolute atomic E-state index is 12.7. The van der Waals surface area contributed by atoms with Crippen molar-refractivity contribution in [2.75, 3.05) is 17.7 Å². The minimum atomic E-state index is -0.455. The van der Waals surface area contributed by atoms with Crippen molar-refractivity contribution < 1.29 is 14.3 Å². The average Bonchev–Trinajstić information content (AvgIpc) is 3.11. The molecule has 0 aliphatic rings. The van der Waals surface area contributed by atoms with Crippen LogP contribution in [-0.4, -0.2) is 33.9 Å². The van der Waals surface area contributed by atoms with Crippen LogP contribution < -0.4 is 15.4 Å². The van der Waals surface area contributed by atoms with Crippen LogP contribution in [0.5, 0.6) is 5.75 Å². The van der Waals surface area contributed by atoms with Crippen LogP contribution in [0.25, 0.3) is 5.69 Å². The minimum absolute atomic E-state index is 0.136. The third-order valence-electron chi connectivity index (χ3n) is 4.25. The Bertz CT molecular complexity index is 1050. The molecule has 2 aromatic carbocycles.